The van der Waals surface area contributed by atoms with Crippen LogP contribution in [0, 0.1) is 0 Å². The van der Waals surface area contributed by atoms with Gasteiger partial charge in [-0.2, -0.15) is 0 Å². The molecule has 1 aliphatic carbocycles. The van der Waals surface area contributed by atoms with Crippen LogP contribution in [-0.2, 0) is 0 Å². The second kappa shape index (κ2) is 2.91. The van der Waals surface area contributed by atoms with E-state index in [2.05, 4.69) is 0 Å². The fourth-order valence-corrected chi connectivity index (χ4v) is 1.65. The van der Waals surface area contributed by atoms with E-state index in [-0.39, 0.29) is 0 Å². The van der Waals surface area contributed by atoms with Gasteiger partial charge in [0.25, 0.3) is 0 Å². The number of halogens is 2. The standard InChI is InChI=1S/C9H9Cl2N/c10-7-2-1-5(3-8(7)11)6-4-9(6)12/h1-3,6,9H,4,12H2/t6-,9+/m1/s1. The quantitative estimate of drug-likeness (QED) is 0.744. The van der Waals surface area contributed by atoms with E-state index in [0.29, 0.717) is 22.0 Å². The predicted octanol–water partition coefficient (Wildman–Crippen LogP) is 2.81. The van der Waals surface area contributed by atoms with Gasteiger partial charge in [0.1, 0.15) is 0 Å². The molecule has 12 heavy (non-hydrogen) atoms. The molecule has 0 amide bonds. The summed E-state index contributed by atoms with van der Waals surface area (Å²) < 4.78 is 0. The van der Waals surface area contributed by atoms with Gasteiger partial charge in [0.15, 0.2) is 0 Å². The SMILES string of the molecule is N[C@H]1C[C@@H]1c1ccc(Cl)c(Cl)c1. The van der Waals surface area contributed by atoms with Gasteiger partial charge in [0.2, 0.25) is 0 Å². The van der Waals surface area contributed by atoms with E-state index in [9.17, 15) is 0 Å². The topological polar surface area (TPSA) is 26.0 Å². The van der Waals surface area contributed by atoms with Gasteiger partial charge in [-0.05, 0) is 24.1 Å². The lowest BCUT2D eigenvalue weighted by Gasteiger charge is -2.00. The molecule has 3 heteroatoms. The third-order valence-electron chi connectivity index (χ3n) is 2.21. The first-order valence-corrected chi connectivity index (χ1v) is 4.64. The lowest BCUT2D eigenvalue weighted by atomic mass is 10.1. The van der Waals surface area contributed by atoms with Crippen molar-refractivity contribution in [3.63, 3.8) is 0 Å². The van der Waals surface area contributed by atoms with Crippen molar-refractivity contribution >= 4 is 23.2 Å². The molecule has 1 nitrogen and oxygen atoms in total. The van der Waals surface area contributed by atoms with Gasteiger partial charge >= 0.3 is 0 Å². The molecule has 0 aromatic heterocycles. The van der Waals surface area contributed by atoms with Gasteiger partial charge in [-0.15, -0.1) is 0 Å². The van der Waals surface area contributed by atoms with E-state index in [1.807, 2.05) is 18.2 Å². The van der Waals surface area contributed by atoms with Crippen molar-refractivity contribution in [1.29, 1.82) is 0 Å². The van der Waals surface area contributed by atoms with E-state index >= 15 is 0 Å². The number of hydrogen-bond donors (Lipinski definition) is 1. The number of hydrogen-bond acceptors (Lipinski definition) is 1. The highest BCUT2D eigenvalue weighted by atomic mass is 35.5. The molecule has 0 aliphatic heterocycles. The predicted molar refractivity (Wildman–Crippen MR) is 51.8 cm³/mol. The number of rotatable bonds is 1. The van der Waals surface area contributed by atoms with Crippen LogP contribution >= 0.6 is 23.2 Å². The summed E-state index contributed by atoms with van der Waals surface area (Å²) in [7, 11) is 0. The summed E-state index contributed by atoms with van der Waals surface area (Å²) in [6, 6.07) is 6.04. The van der Waals surface area contributed by atoms with Crippen LogP contribution in [0.1, 0.15) is 17.9 Å². The van der Waals surface area contributed by atoms with Crippen LogP contribution in [0.25, 0.3) is 0 Å². The van der Waals surface area contributed by atoms with Crippen LogP contribution in [0.5, 0.6) is 0 Å². The van der Waals surface area contributed by atoms with E-state index in [1.165, 1.54) is 5.56 Å². The Kier molecular flexibility index (Phi) is 2.03. The van der Waals surface area contributed by atoms with E-state index in [1.54, 1.807) is 0 Å². The van der Waals surface area contributed by atoms with Gasteiger partial charge in [-0.25, -0.2) is 0 Å². The molecule has 64 valence electrons. The van der Waals surface area contributed by atoms with Crippen molar-refractivity contribution in [1.82, 2.24) is 0 Å². The molecule has 1 aromatic rings. The second-order valence-corrected chi connectivity index (χ2v) is 3.99. The minimum Gasteiger partial charge on any atom is -0.327 e. The highest BCUT2D eigenvalue weighted by molar-refractivity contribution is 6.42. The molecule has 0 bridgehead atoms. The highest BCUT2D eigenvalue weighted by Crippen LogP contribution is 2.40. The van der Waals surface area contributed by atoms with Crippen molar-refractivity contribution in [3.8, 4) is 0 Å². The molecule has 1 aromatic carbocycles. The summed E-state index contributed by atoms with van der Waals surface area (Å²) in [6.45, 7) is 0. The fourth-order valence-electron chi connectivity index (χ4n) is 1.34. The summed E-state index contributed by atoms with van der Waals surface area (Å²) in [5.41, 5.74) is 6.92. The molecule has 2 N–H and O–H groups in total. The van der Waals surface area contributed by atoms with Gasteiger partial charge in [0.05, 0.1) is 10.0 Å². The summed E-state index contributed by atoms with van der Waals surface area (Å²) >= 11 is 11.6. The largest absolute Gasteiger partial charge is 0.327 e. The maximum Gasteiger partial charge on any atom is 0.0595 e. The van der Waals surface area contributed by atoms with Crippen LogP contribution < -0.4 is 5.73 Å². The van der Waals surface area contributed by atoms with Crippen molar-refractivity contribution in [3.05, 3.63) is 33.8 Å². The Hall–Kier alpha value is -0.240. The zero-order chi connectivity index (χ0) is 8.72. The van der Waals surface area contributed by atoms with Gasteiger partial charge in [-0.3, -0.25) is 0 Å². The molecule has 0 unspecified atom stereocenters. The Bertz CT molecular complexity index is 311. The summed E-state index contributed by atoms with van der Waals surface area (Å²) in [4.78, 5) is 0. The summed E-state index contributed by atoms with van der Waals surface area (Å²) in [6.07, 6.45) is 1.07. The maximum absolute atomic E-state index is 5.86. The summed E-state index contributed by atoms with van der Waals surface area (Å²) in [5.74, 6) is 0.500. The molecule has 0 spiro atoms. The fraction of sp³-hybridized carbons (Fsp3) is 0.333. The number of benzene rings is 1. The van der Waals surface area contributed by atoms with E-state index in [4.69, 9.17) is 28.9 Å². The highest BCUT2D eigenvalue weighted by Gasteiger charge is 2.34. The van der Waals surface area contributed by atoms with E-state index < -0.39 is 0 Å². The molecule has 0 saturated heterocycles. The normalized spacial score (nSPS) is 27.2. The van der Waals surface area contributed by atoms with Crippen molar-refractivity contribution in [2.45, 2.75) is 18.4 Å². The second-order valence-electron chi connectivity index (χ2n) is 3.18. The van der Waals surface area contributed by atoms with E-state index in [0.717, 1.165) is 6.42 Å². The van der Waals surface area contributed by atoms with Crippen LogP contribution in [0.4, 0.5) is 0 Å². The van der Waals surface area contributed by atoms with Crippen LogP contribution in [0.15, 0.2) is 18.2 Å². The Morgan fingerprint density at radius 3 is 2.42 bits per heavy atom. The van der Waals surface area contributed by atoms with Crippen LogP contribution in [0.2, 0.25) is 10.0 Å². The first-order valence-electron chi connectivity index (χ1n) is 3.89. The third-order valence-corrected chi connectivity index (χ3v) is 2.95. The molecule has 1 saturated carbocycles. The van der Waals surface area contributed by atoms with Crippen LogP contribution in [0.3, 0.4) is 0 Å². The number of nitrogens with two attached hydrogens (primary N) is 1. The van der Waals surface area contributed by atoms with Crippen LogP contribution in [-0.4, -0.2) is 6.04 Å². The lowest BCUT2D eigenvalue weighted by molar-refractivity contribution is 0.991. The maximum atomic E-state index is 5.86. The average Bonchev–Trinajstić information content (AvgIpc) is 2.73. The average molecular weight is 202 g/mol. The zero-order valence-corrected chi connectivity index (χ0v) is 7.94. The molecular weight excluding hydrogens is 193 g/mol. The first-order chi connectivity index (χ1) is 5.68. The molecular formula is C9H9Cl2N. The molecule has 0 radical (unpaired) electrons. The van der Waals surface area contributed by atoms with Gasteiger partial charge < -0.3 is 5.73 Å². The molecule has 2 atom stereocenters. The molecule has 1 aliphatic rings. The Balaban J connectivity index is 2.29. The Morgan fingerprint density at radius 1 is 1.25 bits per heavy atom. The molecule has 1 fully saturated rings. The summed E-state index contributed by atoms with van der Waals surface area (Å²) in [5, 5.41) is 1.22. The monoisotopic (exact) mass is 201 g/mol. The Morgan fingerprint density at radius 2 is 1.92 bits per heavy atom. The smallest absolute Gasteiger partial charge is 0.0595 e. The minimum atomic E-state index is 0.322. The van der Waals surface area contributed by atoms with Crippen molar-refractivity contribution in [2.75, 3.05) is 0 Å². The van der Waals surface area contributed by atoms with Gasteiger partial charge in [0, 0.05) is 12.0 Å². The van der Waals surface area contributed by atoms with Crippen molar-refractivity contribution in [2.24, 2.45) is 5.73 Å². The minimum absolute atomic E-state index is 0.322. The first kappa shape index (κ1) is 8.36. The lowest BCUT2D eigenvalue weighted by Crippen LogP contribution is -2.00. The molecule has 2 rings (SSSR count). The van der Waals surface area contributed by atoms with Gasteiger partial charge in [-0.1, -0.05) is 29.3 Å². The molecule has 0 heterocycles. The zero-order valence-electron chi connectivity index (χ0n) is 6.43. The Labute approximate surface area is 81.5 Å². The third kappa shape index (κ3) is 1.45. The van der Waals surface area contributed by atoms with Crippen molar-refractivity contribution < 1.29 is 0 Å².